The molecule has 0 bridgehead atoms. The van der Waals surface area contributed by atoms with Gasteiger partial charge in [-0.2, -0.15) is 13.2 Å². The van der Waals surface area contributed by atoms with E-state index in [1.54, 1.807) is 0 Å². The number of benzene rings is 1. The Morgan fingerprint density at radius 3 is 2.50 bits per heavy atom. The Hall–Kier alpha value is -3.93. The van der Waals surface area contributed by atoms with Crippen molar-refractivity contribution in [3.63, 3.8) is 0 Å². The molecule has 3 rings (SSSR count). The van der Waals surface area contributed by atoms with Gasteiger partial charge in [-0.3, -0.25) is 4.79 Å². The fourth-order valence-electron chi connectivity index (χ4n) is 2.16. The average Bonchev–Trinajstić information content (AvgIpc) is 2.67. The minimum atomic E-state index is -4.49. The maximum Gasteiger partial charge on any atom is 0.416 e. The Kier molecular flexibility index (Phi) is 5.22. The van der Waals surface area contributed by atoms with E-state index in [0.29, 0.717) is 11.3 Å². The number of nitrogens with two attached hydrogens (primary N) is 1. The number of aromatic nitrogens is 3. The molecule has 6 nitrogen and oxygen atoms in total. The van der Waals surface area contributed by atoms with Gasteiger partial charge in [0.1, 0.15) is 5.69 Å². The third kappa shape index (κ3) is 4.82. The van der Waals surface area contributed by atoms with Gasteiger partial charge in [0.2, 0.25) is 5.95 Å². The van der Waals surface area contributed by atoms with Crippen LogP contribution in [-0.4, -0.2) is 20.9 Å². The molecule has 2 aromatic heterocycles. The van der Waals surface area contributed by atoms with Crippen LogP contribution in [0.4, 0.5) is 24.8 Å². The van der Waals surface area contributed by atoms with Crippen molar-refractivity contribution in [1.29, 1.82) is 0 Å². The van der Waals surface area contributed by atoms with Crippen LogP contribution in [0.1, 0.15) is 27.2 Å². The molecular formula is C19H12F3N5O. The molecule has 0 aliphatic heterocycles. The monoisotopic (exact) mass is 383 g/mol. The first-order chi connectivity index (χ1) is 13.3. The zero-order valence-corrected chi connectivity index (χ0v) is 14.2. The van der Waals surface area contributed by atoms with Gasteiger partial charge in [0, 0.05) is 29.8 Å². The molecule has 2 heterocycles. The van der Waals surface area contributed by atoms with Crippen LogP contribution in [0.5, 0.6) is 0 Å². The number of nitrogens with one attached hydrogen (secondary N) is 1. The van der Waals surface area contributed by atoms with E-state index in [1.807, 2.05) is 0 Å². The van der Waals surface area contributed by atoms with Crippen LogP contribution in [-0.2, 0) is 6.18 Å². The molecule has 0 radical (unpaired) electrons. The van der Waals surface area contributed by atoms with Crippen molar-refractivity contribution in [2.45, 2.75) is 6.18 Å². The summed E-state index contributed by atoms with van der Waals surface area (Å²) in [7, 11) is 0. The highest BCUT2D eigenvalue weighted by molar-refractivity contribution is 6.04. The van der Waals surface area contributed by atoms with Gasteiger partial charge < -0.3 is 11.1 Å². The van der Waals surface area contributed by atoms with Crippen LogP contribution in [0.25, 0.3) is 0 Å². The summed E-state index contributed by atoms with van der Waals surface area (Å²) in [5.74, 6) is 5.08. The number of nitrogen functional groups attached to an aromatic ring is 1. The minimum absolute atomic E-state index is 0.0308. The number of nitrogens with zero attached hydrogens (tertiary/aromatic N) is 3. The predicted molar refractivity (Wildman–Crippen MR) is 96.1 cm³/mol. The summed E-state index contributed by atoms with van der Waals surface area (Å²) >= 11 is 0. The summed E-state index contributed by atoms with van der Waals surface area (Å²) in [6.07, 6.45) is -0.227. The molecule has 0 spiro atoms. The predicted octanol–water partition coefficient (Wildman–Crippen LogP) is 3.12. The summed E-state index contributed by atoms with van der Waals surface area (Å²) in [6.45, 7) is 0. The van der Waals surface area contributed by atoms with E-state index in [1.165, 1.54) is 42.9 Å². The van der Waals surface area contributed by atoms with E-state index >= 15 is 0 Å². The highest BCUT2D eigenvalue weighted by Crippen LogP contribution is 2.30. The molecule has 28 heavy (non-hydrogen) atoms. The number of pyridine rings is 1. The van der Waals surface area contributed by atoms with Gasteiger partial charge in [0.15, 0.2) is 0 Å². The summed E-state index contributed by atoms with van der Waals surface area (Å²) < 4.78 is 38.3. The largest absolute Gasteiger partial charge is 0.416 e. The van der Waals surface area contributed by atoms with E-state index in [2.05, 4.69) is 32.1 Å². The summed E-state index contributed by atoms with van der Waals surface area (Å²) in [5.41, 5.74) is 5.58. The minimum Gasteiger partial charge on any atom is -0.368 e. The number of hydrogen-bond acceptors (Lipinski definition) is 5. The van der Waals surface area contributed by atoms with Crippen LogP contribution in [0, 0.1) is 11.8 Å². The van der Waals surface area contributed by atoms with Crippen molar-refractivity contribution < 1.29 is 18.0 Å². The zero-order valence-electron chi connectivity index (χ0n) is 14.2. The molecule has 1 amide bonds. The number of anilines is 2. The van der Waals surface area contributed by atoms with E-state index in [0.717, 1.165) is 12.1 Å². The molecule has 0 saturated heterocycles. The maximum atomic E-state index is 12.8. The molecule has 0 saturated carbocycles. The molecule has 3 aromatic rings. The molecule has 1 aromatic carbocycles. The van der Waals surface area contributed by atoms with Crippen molar-refractivity contribution >= 4 is 17.5 Å². The fourth-order valence-corrected chi connectivity index (χ4v) is 2.16. The SMILES string of the molecule is Nc1ncc(C#Cc2cc(C(=O)Nc3cccc(C(F)(F)F)c3)ccn2)cn1. The van der Waals surface area contributed by atoms with Crippen LogP contribution in [0.3, 0.4) is 0 Å². The Morgan fingerprint density at radius 2 is 1.79 bits per heavy atom. The summed E-state index contributed by atoms with van der Waals surface area (Å²) in [6, 6.07) is 7.24. The molecule has 0 aliphatic carbocycles. The lowest BCUT2D eigenvalue weighted by Crippen LogP contribution is -2.13. The van der Waals surface area contributed by atoms with E-state index < -0.39 is 17.6 Å². The van der Waals surface area contributed by atoms with Gasteiger partial charge in [0.25, 0.3) is 5.91 Å². The fraction of sp³-hybridized carbons (Fsp3) is 0.0526. The number of carbonyl (C=O) groups excluding carboxylic acids is 1. The smallest absolute Gasteiger partial charge is 0.368 e. The quantitative estimate of drug-likeness (QED) is 0.663. The average molecular weight is 383 g/mol. The van der Waals surface area contributed by atoms with Crippen molar-refractivity contribution in [3.05, 3.63) is 77.4 Å². The normalized spacial score (nSPS) is 10.7. The third-order valence-corrected chi connectivity index (χ3v) is 3.48. The molecule has 0 fully saturated rings. The van der Waals surface area contributed by atoms with Crippen LogP contribution < -0.4 is 11.1 Å². The van der Waals surface area contributed by atoms with Crippen molar-refractivity contribution in [1.82, 2.24) is 15.0 Å². The van der Waals surface area contributed by atoms with Gasteiger partial charge in [-0.1, -0.05) is 12.0 Å². The second-order valence-corrected chi connectivity index (χ2v) is 5.54. The number of halogens is 3. The van der Waals surface area contributed by atoms with Crippen LogP contribution in [0.15, 0.2) is 55.0 Å². The second-order valence-electron chi connectivity index (χ2n) is 5.54. The standard InChI is InChI=1S/C19H12F3N5O/c20-19(21,22)14-2-1-3-16(9-14)27-17(28)13-6-7-24-15(8-13)5-4-12-10-25-18(23)26-11-12/h1-3,6-11H,(H,27,28)(H2,23,25,26). The zero-order chi connectivity index (χ0) is 20.1. The highest BCUT2D eigenvalue weighted by Gasteiger charge is 2.30. The Labute approximate surface area is 157 Å². The molecule has 140 valence electrons. The lowest BCUT2D eigenvalue weighted by molar-refractivity contribution is -0.137. The van der Waals surface area contributed by atoms with Crippen molar-refractivity contribution in [3.8, 4) is 11.8 Å². The number of alkyl halides is 3. The first-order valence-electron chi connectivity index (χ1n) is 7.85. The molecule has 0 unspecified atom stereocenters. The van der Waals surface area contributed by atoms with Crippen molar-refractivity contribution in [2.75, 3.05) is 11.1 Å². The first kappa shape index (κ1) is 18.8. The maximum absolute atomic E-state index is 12.8. The molecule has 9 heteroatoms. The van der Waals surface area contributed by atoms with E-state index in [-0.39, 0.29) is 17.2 Å². The van der Waals surface area contributed by atoms with Crippen LogP contribution >= 0.6 is 0 Å². The summed E-state index contributed by atoms with van der Waals surface area (Å²) in [5, 5.41) is 2.43. The molecule has 0 aliphatic rings. The van der Waals surface area contributed by atoms with E-state index in [4.69, 9.17) is 5.73 Å². The van der Waals surface area contributed by atoms with Crippen molar-refractivity contribution in [2.24, 2.45) is 0 Å². The number of amides is 1. The highest BCUT2D eigenvalue weighted by atomic mass is 19.4. The Balaban J connectivity index is 1.77. The van der Waals surface area contributed by atoms with Gasteiger partial charge in [0.05, 0.1) is 11.1 Å². The molecule has 0 atom stereocenters. The molecule has 3 N–H and O–H groups in total. The van der Waals surface area contributed by atoms with Gasteiger partial charge in [-0.15, -0.1) is 0 Å². The van der Waals surface area contributed by atoms with Gasteiger partial charge >= 0.3 is 6.18 Å². The van der Waals surface area contributed by atoms with E-state index in [9.17, 15) is 18.0 Å². The Bertz CT molecular complexity index is 1070. The first-order valence-corrected chi connectivity index (χ1v) is 7.85. The number of hydrogen-bond donors (Lipinski definition) is 2. The lowest BCUT2D eigenvalue weighted by Gasteiger charge is -2.10. The summed E-state index contributed by atoms with van der Waals surface area (Å²) in [4.78, 5) is 24.0. The number of rotatable bonds is 2. The third-order valence-electron chi connectivity index (χ3n) is 3.48. The topological polar surface area (TPSA) is 93.8 Å². The Morgan fingerprint density at radius 1 is 1.04 bits per heavy atom. The lowest BCUT2D eigenvalue weighted by atomic mass is 10.1. The number of carbonyl (C=O) groups is 1. The van der Waals surface area contributed by atoms with Crippen LogP contribution in [0.2, 0.25) is 0 Å². The molecular weight excluding hydrogens is 371 g/mol. The van der Waals surface area contributed by atoms with Gasteiger partial charge in [-0.05, 0) is 36.3 Å². The van der Waals surface area contributed by atoms with Gasteiger partial charge in [-0.25, -0.2) is 15.0 Å². The second kappa shape index (κ2) is 7.75.